The van der Waals surface area contributed by atoms with Gasteiger partial charge in [-0.3, -0.25) is 5.10 Å². The van der Waals surface area contributed by atoms with Gasteiger partial charge in [0.25, 0.3) is 0 Å². The van der Waals surface area contributed by atoms with Gasteiger partial charge in [0.15, 0.2) is 0 Å². The molecule has 0 saturated heterocycles. The number of nitrogens with zero attached hydrogens (tertiary/aromatic N) is 2. The van der Waals surface area contributed by atoms with Crippen molar-refractivity contribution in [2.45, 2.75) is 21.2 Å². The lowest BCUT2D eigenvalue weighted by Crippen LogP contribution is -1.99. The van der Waals surface area contributed by atoms with Gasteiger partial charge in [0, 0.05) is 10.6 Å². The third kappa shape index (κ3) is 4.67. The molecule has 0 unspecified atom stereocenters. The number of aromatic nitrogens is 3. The Morgan fingerprint density at radius 1 is 1.29 bits per heavy atom. The van der Waals surface area contributed by atoms with Gasteiger partial charge in [0.1, 0.15) is 5.03 Å². The summed E-state index contributed by atoms with van der Waals surface area (Å²) in [7, 11) is 0. The van der Waals surface area contributed by atoms with E-state index in [2.05, 4.69) is 15.4 Å². The molecule has 2 N–H and O–H groups in total. The van der Waals surface area contributed by atoms with Crippen molar-refractivity contribution in [3.05, 3.63) is 35.5 Å². The van der Waals surface area contributed by atoms with E-state index in [4.69, 9.17) is 5.11 Å². The molecular weight excluding hydrogens is 327 g/mol. The van der Waals surface area contributed by atoms with Gasteiger partial charge in [0.05, 0.1) is 0 Å². The van der Waals surface area contributed by atoms with Crippen LogP contribution < -0.4 is 0 Å². The Morgan fingerprint density at radius 2 is 1.95 bits per heavy atom. The second-order valence-corrected chi connectivity index (χ2v) is 5.90. The van der Waals surface area contributed by atoms with Crippen LogP contribution in [0.1, 0.15) is 16.1 Å². The number of carbonyl (C=O) groups is 1. The van der Waals surface area contributed by atoms with E-state index in [-0.39, 0.29) is 22.4 Å². The molecule has 0 saturated carbocycles. The summed E-state index contributed by atoms with van der Waals surface area (Å²) >= 11 is 0.985. The summed E-state index contributed by atoms with van der Waals surface area (Å²) < 4.78 is 36.5. The highest BCUT2D eigenvalue weighted by atomic mass is 32.2. The molecule has 10 heteroatoms. The molecule has 0 radical (unpaired) electrons. The van der Waals surface area contributed by atoms with E-state index in [0.717, 1.165) is 17.3 Å². The number of hydrogen-bond acceptors (Lipinski definition) is 5. The van der Waals surface area contributed by atoms with Crippen molar-refractivity contribution < 1.29 is 23.1 Å². The van der Waals surface area contributed by atoms with Crippen molar-refractivity contribution in [3.63, 3.8) is 0 Å². The molecule has 0 bridgehead atoms. The SMILES string of the molecule is O=C(O)c1nn[nH]c1SCc1ccc(SC(F)(F)F)cc1. The topological polar surface area (TPSA) is 78.9 Å². The van der Waals surface area contributed by atoms with E-state index < -0.39 is 11.5 Å². The average Bonchev–Trinajstić information content (AvgIpc) is 2.84. The summed E-state index contributed by atoms with van der Waals surface area (Å²) in [5.41, 5.74) is -3.73. The third-order valence-corrected chi connectivity index (χ3v) is 4.05. The standard InChI is InChI=1S/C11H8F3N3O2S2/c12-11(13,14)21-7-3-1-6(2-4-7)5-20-9-8(10(18)19)15-17-16-9/h1-4H,5H2,(H,18,19)(H,15,16,17). The number of carboxylic acids is 1. The summed E-state index contributed by atoms with van der Waals surface area (Å²) in [5, 5.41) is 18.5. The van der Waals surface area contributed by atoms with Crippen molar-refractivity contribution >= 4 is 29.5 Å². The third-order valence-electron chi connectivity index (χ3n) is 2.26. The van der Waals surface area contributed by atoms with E-state index in [1.54, 1.807) is 12.1 Å². The number of rotatable bonds is 5. The molecule has 0 fully saturated rings. The molecule has 21 heavy (non-hydrogen) atoms. The Labute approximate surface area is 125 Å². The van der Waals surface area contributed by atoms with Crippen LogP contribution in [0, 0.1) is 0 Å². The number of thioether (sulfide) groups is 2. The molecule has 5 nitrogen and oxygen atoms in total. The zero-order valence-corrected chi connectivity index (χ0v) is 11.8. The van der Waals surface area contributed by atoms with Gasteiger partial charge in [-0.2, -0.15) is 13.2 Å². The van der Waals surface area contributed by atoms with Crippen molar-refractivity contribution in [2.24, 2.45) is 0 Å². The van der Waals surface area contributed by atoms with E-state index >= 15 is 0 Å². The van der Waals surface area contributed by atoms with Gasteiger partial charge >= 0.3 is 11.5 Å². The Morgan fingerprint density at radius 3 is 2.52 bits per heavy atom. The molecular formula is C11H8F3N3O2S2. The fourth-order valence-corrected chi connectivity index (χ4v) is 2.82. The van der Waals surface area contributed by atoms with Gasteiger partial charge in [0.2, 0.25) is 5.69 Å². The van der Waals surface area contributed by atoms with Crippen LogP contribution in [-0.4, -0.2) is 32.0 Å². The van der Waals surface area contributed by atoms with Crippen LogP contribution in [-0.2, 0) is 5.75 Å². The molecule has 1 aromatic carbocycles. The van der Waals surface area contributed by atoms with Crippen LogP contribution in [0.15, 0.2) is 34.2 Å². The van der Waals surface area contributed by atoms with Gasteiger partial charge in [-0.15, -0.1) is 5.10 Å². The van der Waals surface area contributed by atoms with E-state index in [9.17, 15) is 18.0 Å². The highest BCUT2D eigenvalue weighted by Crippen LogP contribution is 2.37. The predicted octanol–water partition coefficient (Wildman–Crippen LogP) is 3.41. The molecule has 0 spiro atoms. The van der Waals surface area contributed by atoms with Crippen LogP contribution in [0.25, 0.3) is 0 Å². The maximum atomic E-state index is 12.2. The summed E-state index contributed by atoms with van der Waals surface area (Å²) in [6, 6.07) is 5.87. The number of hydrogen-bond donors (Lipinski definition) is 2. The summed E-state index contributed by atoms with van der Waals surface area (Å²) in [5.74, 6) is -0.802. The van der Waals surface area contributed by atoms with Crippen LogP contribution >= 0.6 is 23.5 Å². The molecule has 2 aromatic rings. The van der Waals surface area contributed by atoms with Crippen molar-refractivity contribution in [1.29, 1.82) is 0 Å². The van der Waals surface area contributed by atoms with Crippen LogP contribution in [0.5, 0.6) is 0 Å². The number of aromatic amines is 1. The van der Waals surface area contributed by atoms with E-state index in [0.29, 0.717) is 10.8 Å². The zero-order chi connectivity index (χ0) is 15.5. The molecule has 0 atom stereocenters. The zero-order valence-electron chi connectivity index (χ0n) is 10.2. The first-order valence-electron chi connectivity index (χ1n) is 5.47. The second-order valence-electron chi connectivity index (χ2n) is 3.78. The largest absolute Gasteiger partial charge is 0.476 e. The smallest absolute Gasteiger partial charge is 0.446 e. The van der Waals surface area contributed by atoms with Gasteiger partial charge < -0.3 is 5.11 Å². The first-order valence-corrected chi connectivity index (χ1v) is 7.27. The number of benzene rings is 1. The lowest BCUT2D eigenvalue weighted by molar-refractivity contribution is -0.0328. The molecule has 1 aromatic heterocycles. The lowest BCUT2D eigenvalue weighted by Gasteiger charge is -2.06. The molecule has 0 aliphatic heterocycles. The highest BCUT2D eigenvalue weighted by molar-refractivity contribution is 8.00. The highest BCUT2D eigenvalue weighted by Gasteiger charge is 2.29. The van der Waals surface area contributed by atoms with Crippen LogP contribution in [0.3, 0.4) is 0 Å². The average molecular weight is 335 g/mol. The van der Waals surface area contributed by atoms with Crippen molar-refractivity contribution in [3.8, 4) is 0 Å². The number of alkyl halides is 3. The summed E-state index contributed by atoms with van der Waals surface area (Å²) in [4.78, 5) is 10.9. The van der Waals surface area contributed by atoms with E-state index in [1.165, 1.54) is 12.1 Å². The Balaban J connectivity index is 1.98. The molecule has 0 aliphatic rings. The fourth-order valence-electron chi connectivity index (χ4n) is 1.40. The number of H-pyrrole nitrogens is 1. The molecule has 0 aliphatic carbocycles. The fraction of sp³-hybridized carbons (Fsp3) is 0.182. The van der Waals surface area contributed by atoms with Gasteiger partial charge in [-0.1, -0.05) is 29.1 Å². The minimum absolute atomic E-state index is 0.102. The van der Waals surface area contributed by atoms with E-state index in [1.807, 2.05) is 0 Å². The normalized spacial score (nSPS) is 11.6. The van der Waals surface area contributed by atoms with Gasteiger partial charge in [-0.05, 0) is 29.5 Å². The number of carboxylic acid groups (broad SMARTS) is 1. The Kier molecular flexibility index (Phi) is 4.78. The monoisotopic (exact) mass is 335 g/mol. The van der Waals surface area contributed by atoms with Gasteiger partial charge in [-0.25, -0.2) is 4.79 Å². The lowest BCUT2D eigenvalue weighted by atomic mass is 10.2. The van der Waals surface area contributed by atoms with Crippen molar-refractivity contribution in [2.75, 3.05) is 0 Å². The maximum Gasteiger partial charge on any atom is 0.446 e. The summed E-state index contributed by atoms with van der Waals surface area (Å²) in [6.07, 6.45) is 0. The summed E-state index contributed by atoms with van der Waals surface area (Å²) in [6.45, 7) is 0. The molecule has 2 rings (SSSR count). The van der Waals surface area contributed by atoms with Crippen molar-refractivity contribution in [1.82, 2.24) is 15.4 Å². The van der Waals surface area contributed by atoms with Crippen LogP contribution in [0.4, 0.5) is 13.2 Å². The quantitative estimate of drug-likeness (QED) is 0.815. The Hall–Kier alpha value is -1.68. The molecule has 1 heterocycles. The number of aromatic carboxylic acids is 1. The Bertz CT molecular complexity index is 628. The van der Waals surface area contributed by atoms with Crippen LogP contribution in [0.2, 0.25) is 0 Å². The molecule has 0 amide bonds. The first kappa shape index (κ1) is 15.7. The maximum absolute atomic E-state index is 12.2. The minimum Gasteiger partial charge on any atom is -0.476 e. The molecule has 112 valence electrons. The predicted molar refractivity (Wildman–Crippen MR) is 71.3 cm³/mol. The number of nitrogens with one attached hydrogen (secondary N) is 1. The minimum atomic E-state index is -4.31. The number of halogens is 3. The first-order chi connectivity index (χ1) is 9.85. The second kappa shape index (κ2) is 6.39.